The summed E-state index contributed by atoms with van der Waals surface area (Å²) in [6.45, 7) is 0. The van der Waals surface area contributed by atoms with E-state index < -0.39 is 0 Å². The molecule has 0 bridgehead atoms. The number of hydrogen-bond acceptors (Lipinski definition) is 3. The van der Waals surface area contributed by atoms with E-state index in [1.165, 1.54) is 0 Å². The topological polar surface area (TPSA) is 46.2 Å². The number of thioether (sulfide) groups is 1. The lowest BCUT2D eigenvalue weighted by Gasteiger charge is -2.09. The molecule has 0 radical (unpaired) electrons. The third kappa shape index (κ3) is 2.04. The first-order chi connectivity index (χ1) is 6.63. The normalized spacial score (nSPS) is 18.1. The lowest BCUT2D eigenvalue weighted by atomic mass is 10.1. The molecule has 0 atom stereocenters. The minimum absolute atomic E-state index is 0.0211. The molecule has 1 aliphatic carbocycles. The smallest absolute Gasteiger partial charge is 0.129 e. The first-order valence-electron chi connectivity index (χ1n) is 4.78. The van der Waals surface area contributed by atoms with Gasteiger partial charge in [-0.3, -0.25) is 0 Å². The molecule has 3 heteroatoms. The minimum atomic E-state index is 0.0211. The molecule has 0 heterocycles. The van der Waals surface area contributed by atoms with Crippen molar-refractivity contribution in [3.05, 3.63) is 23.8 Å². The van der Waals surface area contributed by atoms with Crippen LogP contribution in [-0.2, 0) is 6.42 Å². The van der Waals surface area contributed by atoms with Gasteiger partial charge in [0.25, 0.3) is 0 Å². The van der Waals surface area contributed by atoms with Crippen LogP contribution in [0.3, 0.4) is 0 Å². The predicted molar refractivity (Wildman–Crippen MR) is 59.7 cm³/mol. The zero-order valence-electron chi connectivity index (χ0n) is 8.29. The van der Waals surface area contributed by atoms with Crippen LogP contribution in [0.25, 0.3) is 0 Å². The van der Waals surface area contributed by atoms with Crippen LogP contribution in [0.5, 0.6) is 5.75 Å². The largest absolute Gasteiger partial charge is 0.507 e. The van der Waals surface area contributed by atoms with Gasteiger partial charge in [-0.05, 0) is 43.2 Å². The van der Waals surface area contributed by atoms with Crippen LogP contribution in [0.15, 0.2) is 23.1 Å². The maximum atomic E-state index is 9.65. The quantitative estimate of drug-likeness (QED) is 0.750. The Morgan fingerprint density at radius 3 is 2.71 bits per heavy atom. The highest BCUT2D eigenvalue weighted by Gasteiger charge is 2.37. The van der Waals surface area contributed by atoms with Crippen molar-refractivity contribution in [3.8, 4) is 5.75 Å². The van der Waals surface area contributed by atoms with Gasteiger partial charge in [0, 0.05) is 10.4 Å². The highest BCUT2D eigenvalue weighted by atomic mass is 32.2. The molecule has 1 aliphatic rings. The molecule has 2 nitrogen and oxygen atoms in total. The fourth-order valence-electron chi connectivity index (χ4n) is 1.59. The van der Waals surface area contributed by atoms with Crippen LogP contribution < -0.4 is 5.73 Å². The van der Waals surface area contributed by atoms with E-state index in [4.69, 9.17) is 5.73 Å². The maximum Gasteiger partial charge on any atom is 0.129 e. The molecule has 0 aromatic heterocycles. The Morgan fingerprint density at radius 2 is 2.21 bits per heavy atom. The number of benzene rings is 1. The number of phenolic OH excluding ortho intramolecular Hbond substituents is 1. The molecule has 0 amide bonds. The van der Waals surface area contributed by atoms with E-state index in [2.05, 4.69) is 6.07 Å². The number of phenols is 1. The van der Waals surface area contributed by atoms with Crippen LogP contribution in [0.1, 0.15) is 18.4 Å². The zero-order valence-corrected chi connectivity index (χ0v) is 9.10. The average molecular weight is 209 g/mol. The summed E-state index contributed by atoms with van der Waals surface area (Å²) in [4.78, 5) is 0.926. The van der Waals surface area contributed by atoms with E-state index in [-0.39, 0.29) is 5.54 Å². The first kappa shape index (κ1) is 9.87. The van der Waals surface area contributed by atoms with Crippen molar-refractivity contribution in [2.45, 2.75) is 29.7 Å². The van der Waals surface area contributed by atoms with E-state index in [0.717, 1.165) is 29.7 Å². The number of nitrogens with two attached hydrogens (primary N) is 1. The van der Waals surface area contributed by atoms with Crippen LogP contribution in [0.2, 0.25) is 0 Å². The van der Waals surface area contributed by atoms with Gasteiger partial charge >= 0.3 is 0 Å². The molecule has 2 rings (SSSR count). The summed E-state index contributed by atoms with van der Waals surface area (Å²) in [7, 11) is 0. The fraction of sp³-hybridized carbons (Fsp3) is 0.455. The summed E-state index contributed by atoms with van der Waals surface area (Å²) in [6.07, 6.45) is 5.06. The Morgan fingerprint density at radius 1 is 1.50 bits per heavy atom. The summed E-state index contributed by atoms with van der Waals surface area (Å²) in [5, 5.41) is 9.65. The second kappa shape index (κ2) is 3.48. The molecule has 1 aromatic rings. The molecule has 0 unspecified atom stereocenters. The predicted octanol–water partition coefficient (Wildman–Crippen LogP) is 2.15. The Hall–Kier alpha value is -0.670. The molecular formula is C11H15NOS. The van der Waals surface area contributed by atoms with Crippen molar-refractivity contribution in [1.29, 1.82) is 0 Å². The zero-order chi connectivity index (χ0) is 10.2. The summed E-state index contributed by atoms with van der Waals surface area (Å²) in [5.74, 6) is 0.374. The van der Waals surface area contributed by atoms with Gasteiger partial charge in [0.2, 0.25) is 0 Å². The van der Waals surface area contributed by atoms with E-state index in [0.29, 0.717) is 5.75 Å². The summed E-state index contributed by atoms with van der Waals surface area (Å²) >= 11 is 1.56. The van der Waals surface area contributed by atoms with Gasteiger partial charge in [0.15, 0.2) is 0 Å². The Labute approximate surface area is 88.5 Å². The molecule has 1 saturated carbocycles. The van der Waals surface area contributed by atoms with E-state index in [1.807, 2.05) is 18.4 Å². The first-order valence-corrected chi connectivity index (χ1v) is 6.00. The molecule has 0 spiro atoms. The van der Waals surface area contributed by atoms with Crippen molar-refractivity contribution in [2.75, 3.05) is 6.26 Å². The standard InChI is InChI=1S/C11H15NOS/c1-14-10-3-2-8(6-9(10)13)7-11(12)4-5-11/h2-3,6,13H,4-5,7,12H2,1H3. The molecule has 14 heavy (non-hydrogen) atoms. The fourth-order valence-corrected chi connectivity index (χ4v) is 2.06. The lowest BCUT2D eigenvalue weighted by molar-refractivity contribution is 0.461. The van der Waals surface area contributed by atoms with Crippen LogP contribution >= 0.6 is 11.8 Å². The van der Waals surface area contributed by atoms with Crippen LogP contribution in [-0.4, -0.2) is 16.9 Å². The molecule has 1 fully saturated rings. The van der Waals surface area contributed by atoms with E-state index in [9.17, 15) is 5.11 Å². The van der Waals surface area contributed by atoms with Gasteiger partial charge < -0.3 is 10.8 Å². The van der Waals surface area contributed by atoms with Crippen molar-refractivity contribution >= 4 is 11.8 Å². The highest BCUT2D eigenvalue weighted by Crippen LogP contribution is 2.37. The van der Waals surface area contributed by atoms with Crippen molar-refractivity contribution < 1.29 is 5.11 Å². The second-order valence-electron chi connectivity index (χ2n) is 4.05. The van der Waals surface area contributed by atoms with Crippen molar-refractivity contribution in [3.63, 3.8) is 0 Å². The van der Waals surface area contributed by atoms with Crippen LogP contribution in [0, 0.1) is 0 Å². The Balaban J connectivity index is 2.15. The van der Waals surface area contributed by atoms with E-state index >= 15 is 0 Å². The van der Waals surface area contributed by atoms with Crippen molar-refractivity contribution in [2.24, 2.45) is 5.73 Å². The van der Waals surface area contributed by atoms with Crippen LogP contribution in [0.4, 0.5) is 0 Å². The average Bonchev–Trinajstić information content (AvgIpc) is 2.84. The lowest BCUT2D eigenvalue weighted by Crippen LogP contribution is -2.24. The van der Waals surface area contributed by atoms with E-state index in [1.54, 1.807) is 11.8 Å². The molecule has 3 N–H and O–H groups in total. The Kier molecular flexibility index (Phi) is 2.45. The number of aromatic hydroxyl groups is 1. The summed E-state index contributed by atoms with van der Waals surface area (Å²) < 4.78 is 0. The third-order valence-electron chi connectivity index (χ3n) is 2.69. The highest BCUT2D eigenvalue weighted by molar-refractivity contribution is 7.98. The molecule has 1 aromatic carbocycles. The van der Waals surface area contributed by atoms with Gasteiger partial charge in [-0.25, -0.2) is 0 Å². The van der Waals surface area contributed by atoms with Gasteiger partial charge in [-0.2, -0.15) is 0 Å². The van der Waals surface area contributed by atoms with Gasteiger partial charge in [-0.1, -0.05) is 6.07 Å². The summed E-state index contributed by atoms with van der Waals surface area (Å²) in [6, 6.07) is 5.85. The molecule has 0 aliphatic heterocycles. The van der Waals surface area contributed by atoms with Gasteiger partial charge in [0.05, 0.1) is 0 Å². The number of hydrogen-bond donors (Lipinski definition) is 2. The molecule has 0 saturated heterocycles. The summed E-state index contributed by atoms with van der Waals surface area (Å²) in [5.41, 5.74) is 7.17. The third-order valence-corrected chi connectivity index (χ3v) is 3.48. The maximum absolute atomic E-state index is 9.65. The minimum Gasteiger partial charge on any atom is -0.507 e. The number of rotatable bonds is 3. The SMILES string of the molecule is CSc1ccc(CC2(N)CC2)cc1O. The Bertz CT molecular complexity index is 347. The molecule has 76 valence electrons. The van der Waals surface area contributed by atoms with Gasteiger partial charge in [-0.15, -0.1) is 11.8 Å². The molecular weight excluding hydrogens is 194 g/mol. The van der Waals surface area contributed by atoms with Gasteiger partial charge in [0.1, 0.15) is 5.75 Å². The second-order valence-corrected chi connectivity index (χ2v) is 4.89. The monoisotopic (exact) mass is 209 g/mol. The van der Waals surface area contributed by atoms with Crippen molar-refractivity contribution in [1.82, 2.24) is 0 Å².